The number of anilines is 2. The number of nitrogens with one attached hydrogen (secondary N) is 1. The van der Waals surface area contributed by atoms with Crippen LogP contribution >= 0.6 is 0 Å². The summed E-state index contributed by atoms with van der Waals surface area (Å²) < 4.78 is 5.14. The van der Waals surface area contributed by atoms with Gasteiger partial charge in [-0.05, 0) is 42.8 Å². The van der Waals surface area contributed by atoms with Crippen LogP contribution in [0.1, 0.15) is 33.2 Å². The molecule has 0 spiro atoms. The quantitative estimate of drug-likeness (QED) is 0.527. The van der Waals surface area contributed by atoms with Crippen LogP contribution in [0.4, 0.5) is 11.4 Å². The number of ether oxygens (including phenoxy) is 1. The summed E-state index contributed by atoms with van der Waals surface area (Å²) in [5.41, 5.74) is 3.32. The van der Waals surface area contributed by atoms with E-state index in [9.17, 15) is 14.4 Å². The van der Waals surface area contributed by atoms with Crippen molar-refractivity contribution in [3.05, 3.63) is 95.6 Å². The first-order chi connectivity index (χ1) is 17.0. The molecule has 7 heteroatoms. The van der Waals surface area contributed by atoms with Crippen LogP contribution < -0.4 is 10.2 Å². The topological polar surface area (TPSA) is 79.0 Å². The summed E-state index contributed by atoms with van der Waals surface area (Å²) in [5, 5.41) is 2.98. The van der Waals surface area contributed by atoms with Gasteiger partial charge in [0, 0.05) is 31.7 Å². The Morgan fingerprint density at radius 2 is 1.49 bits per heavy atom. The number of carbonyl (C=O) groups is 3. The summed E-state index contributed by atoms with van der Waals surface area (Å²) in [7, 11) is 0. The van der Waals surface area contributed by atoms with Crippen LogP contribution in [-0.4, -0.2) is 55.5 Å². The van der Waals surface area contributed by atoms with Gasteiger partial charge in [0.25, 0.3) is 5.91 Å². The molecule has 35 heavy (non-hydrogen) atoms. The van der Waals surface area contributed by atoms with Crippen LogP contribution in [0.2, 0.25) is 0 Å². The van der Waals surface area contributed by atoms with Crippen LogP contribution in [0, 0.1) is 0 Å². The van der Waals surface area contributed by atoms with Crippen LogP contribution in [0.25, 0.3) is 0 Å². The van der Waals surface area contributed by atoms with Gasteiger partial charge in [-0.2, -0.15) is 0 Å². The highest BCUT2D eigenvalue weighted by Crippen LogP contribution is 2.29. The van der Waals surface area contributed by atoms with E-state index in [2.05, 4.69) is 10.2 Å². The van der Waals surface area contributed by atoms with Gasteiger partial charge >= 0.3 is 5.97 Å². The number of esters is 1. The van der Waals surface area contributed by atoms with Crippen molar-refractivity contribution in [3.8, 4) is 0 Å². The van der Waals surface area contributed by atoms with Gasteiger partial charge in [0.2, 0.25) is 5.91 Å². The average molecular weight is 472 g/mol. The van der Waals surface area contributed by atoms with E-state index in [1.165, 1.54) is 0 Å². The fourth-order valence-electron chi connectivity index (χ4n) is 4.14. The first kappa shape index (κ1) is 24.0. The third kappa shape index (κ3) is 6.06. The summed E-state index contributed by atoms with van der Waals surface area (Å²) >= 11 is 0. The normalized spacial score (nSPS) is 13.3. The van der Waals surface area contributed by atoms with Crippen molar-refractivity contribution in [2.45, 2.75) is 13.3 Å². The fraction of sp³-hybridized carbons (Fsp3) is 0.250. The third-order valence-corrected chi connectivity index (χ3v) is 5.92. The lowest BCUT2D eigenvalue weighted by atomic mass is 10.1. The van der Waals surface area contributed by atoms with Crippen molar-refractivity contribution >= 4 is 29.2 Å². The molecule has 1 fully saturated rings. The Labute approximate surface area is 205 Å². The molecule has 7 nitrogen and oxygen atoms in total. The predicted molar refractivity (Wildman–Crippen MR) is 136 cm³/mol. The molecule has 1 heterocycles. The zero-order chi connectivity index (χ0) is 24.6. The number of hydrogen-bond acceptors (Lipinski definition) is 5. The second kappa shape index (κ2) is 11.3. The Hall–Kier alpha value is -4.13. The number of nitrogens with zero attached hydrogens (tertiary/aromatic N) is 2. The van der Waals surface area contributed by atoms with E-state index in [0.29, 0.717) is 43.0 Å². The van der Waals surface area contributed by atoms with Gasteiger partial charge < -0.3 is 19.9 Å². The van der Waals surface area contributed by atoms with Crippen molar-refractivity contribution in [2.75, 3.05) is 43.0 Å². The number of rotatable bonds is 7. The Bertz CT molecular complexity index is 1170. The number of carbonyl (C=O) groups excluding carboxylic acids is 3. The standard InChI is InChI=1S/C28H29N3O4/c1-2-35-28(34)23-13-14-25(24(20-23)29-26(32)19-21-9-5-3-6-10-21)30-15-17-31(18-16-30)27(33)22-11-7-4-8-12-22/h3-14,20H,2,15-19H2,1H3,(H,29,32). The minimum atomic E-state index is -0.434. The minimum absolute atomic E-state index is 0.0132. The molecule has 0 aliphatic carbocycles. The van der Waals surface area contributed by atoms with Gasteiger partial charge in [-0.3, -0.25) is 9.59 Å². The summed E-state index contributed by atoms with van der Waals surface area (Å²) in [6.45, 7) is 4.37. The van der Waals surface area contributed by atoms with E-state index in [1.807, 2.05) is 71.6 Å². The maximum atomic E-state index is 12.8. The summed E-state index contributed by atoms with van der Waals surface area (Å²) in [6.07, 6.45) is 0.225. The molecule has 1 aliphatic rings. The number of piperazine rings is 1. The molecule has 0 aromatic heterocycles. The van der Waals surface area contributed by atoms with Gasteiger partial charge in [-0.15, -0.1) is 0 Å². The van der Waals surface area contributed by atoms with Crippen molar-refractivity contribution in [1.82, 2.24) is 4.90 Å². The first-order valence-electron chi connectivity index (χ1n) is 11.8. The second-order valence-corrected chi connectivity index (χ2v) is 8.31. The van der Waals surface area contributed by atoms with E-state index >= 15 is 0 Å². The zero-order valence-corrected chi connectivity index (χ0v) is 19.8. The third-order valence-electron chi connectivity index (χ3n) is 5.92. The maximum absolute atomic E-state index is 12.8. The Balaban J connectivity index is 1.50. The van der Waals surface area contributed by atoms with Crippen molar-refractivity contribution in [1.29, 1.82) is 0 Å². The largest absolute Gasteiger partial charge is 0.462 e. The molecule has 3 aromatic rings. The highest BCUT2D eigenvalue weighted by Gasteiger charge is 2.24. The number of amides is 2. The molecule has 180 valence electrons. The summed E-state index contributed by atoms with van der Waals surface area (Å²) in [4.78, 5) is 41.9. The monoisotopic (exact) mass is 471 g/mol. The Kier molecular flexibility index (Phi) is 7.77. The Morgan fingerprint density at radius 3 is 2.14 bits per heavy atom. The minimum Gasteiger partial charge on any atom is -0.462 e. The van der Waals surface area contributed by atoms with Crippen molar-refractivity contribution in [3.63, 3.8) is 0 Å². The molecule has 2 amide bonds. The second-order valence-electron chi connectivity index (χ2n) is 8.31. The first-order valence-corrected chi connectivity index (χ1v) is 11.8. The van der Waals surface area contributed by atoms with Crippen LogP contribution in [-0.2, 0) is 16.0 Å². The van der Waals surface area contributed by atoms with Crippen molar-refractivity contribution < 1.29 is 19.1 Å². The number of hydrogen-bond donors (Lipinski definition) is 1. The predicted octanol–water partition coefficient (Wildman–Crippen LogP) is 4.01. The van der Waals surface area contributed by atoms with E-state index in [1.54, 1.807) is 19.1 Å². The highest BCUT2D eigenvalue weighted by molar-refractivity contribution is 5.99. The van der Waals surface area contributed by atoms with E-state index < -0.39 is 5.97 Å². The van der Waals surface area contributed by atoms with E-state index in [-0.39, 0.29) is 24.8 Å². The summed E-state index contributed by atoms with van der Waals surface area (Å²) in [5.74, 6) is -0.591. The molecule has 4 rings (SSSR count). The van der Waals surface area contributed by atoms with E-state index in [0.717, 1.165) is 11.3 Å². The van der Waals surface area contributed by atoms with Gasteiger partial charge in [0.05, 0.1) is 30.0 Å². The van der Waals surface area contributed by atoms with Crippen LogP contribution in [0.5, 0.6) is 0 Å². The van der Waals surface area contributed by atoms with Gasteiger partial charge in [0.1, 0.15) is 0 Å². The van der Waals surface area contributed by atoms with Crippen molar-refractivity contribution in [2.24, 2.45) is 0 Å². The highest BCUT2D eigenvalue weighted by atomic mass is 16.5. The molecule has 1 aliphatic heterocycles. The lowest BCUT2D eigenvalue weighted by molar-refractivity contribution is -0.115. The maximum Gasteiger partial charge on any atom is 0.338 e. The van der Waals surface area contributed by atoms with Crippen LogP contribution in [0.15, 0.2) is 78.9 Å². The molecule has 0 atom stereocenters. The molecule has 0 saturated carbocycles. The van der Waals surface area contributed by atoms with Gasteiger partial charge in [0.15, 0.2) is 0 Å². The van der Waals surface area contributed by atoms with Gasteiger partial charge in [-0.25, -0.2) is 4.79 Å². The molecule has 1 saturated heterocycles. The average Bonchev–Trinajstić information content (AvgIpc) is 2.89. The fourth-order valence-corrected chi connectivity index (χ4v) is 4.14. The van der Waals surface area contributed by atoms with Gasteiger partial charge in [-0.1, -0.05) is 48.5 Å². The lowest BCUT2D eigenvalue weighted by Crippen LogP contribution is -2.49. The lowest BCUT2D eigenvalue weighted by Gasteiger charge is -2.37. The molecular formula is C28H29N3O4. The molecule has 0 bridgehead atoms. The molecule has 3 aromatic carbocycles. The van der Waals surface area contributed by atoms with Crippen LogP contribution in [0.3, 0.4) is 0 Å². The zero-order valence-electron chi connectivity index (χ0n) is 19.8. The molecule has 0 unspecified atom stereocenters. The molecular weight excluding hydrogens is 442 g/mol. The SMILES string of the molecule is CCOC(=O)c1ccc(N2CCN(C(=O)c3ccccc3)CC2)c(NC(=O)Cc2ccccc2)c1. The summed E-state index contributed by atoms with van der Waals surface area (Å²) in [6, 6.07) is 24.0. The Morgan fingerprint density at radius 1 is 0.829 bits per heavy atom. The number of benzene rings is 3. The van der Waals surface area contributed by atoms with E-state index in [4.69, 9.17) is 4.74 Å². The molecule has 1 N–H and O–H groups in total. The molecule has 0 radical (unpaired) electrons. The smallest absolute Gasteiger partial charge is 0.338 e.